The second-order valence-electron chi connectivity index (χ2n) is 6.67. The molecule has 0 aliphatic carbocycles. The topological polar surface area (TPSA) is 75.4 Å². The Morgan fingerprint density at radius 3 is 2.86 bits per heavy atom. The summed E-state index contributed by atoms with van der Waals surface area (Å²) >= 11 is 1.38. The van der Waals surface area contributed by atoms with Gasteiger partial charge in [-0.25, -0.2) is 9.50 Å². The van der Waals surface area contributed by atoms with Crippen LogP contribution in [-0.2, 0) is 0 Å². The summed E-state index contributed by atoms with van der Waals surface area (Å²) in [5, 5.41) is 9.63. The minimum Gasteiger partial charge on any atom is -0.371 e. The first-order valence-electron chi connectivity index (χ1n) is 9.18. The first kappa shape index (κ1) is 16.9. The Labute approximate surface area is 165 Å². The number of rotatable bonds is 4. The van der Waals surface area contributed by atoms with Gasteiger partial charge in [-0.15, -0.1) is 11.3 Å². The Hall–Kier alpha value is -3.26. The molecule has 5 heterocycles. The number of carbonyl (C=O) groups excluding carboxylic acids is 1. The average Bonchev–Trinajstić information content (AvgIpc) is 3.48. The molecular formula is C20H18N6OS. The molecule has 28 heavy (non-hydrogen) atoms. The third kappa shape index (κ3) is 3.11. The number of pyridine rings is 2. The highest BCUT2D eigenvalue weighted by atomic mass is 32.1. The average molecular weight is 390 g/mol. The lowest BCUT2D eigenvalue weighted by Crippen LogP contribution is -2.18. The van der Waals surface area contributed by atoms with Crippen molar-refractivity contribution < 1.29 is 4.79 Å². The number of aromatic nitrogens is 4. The largest absolute Gasteiger partial charge is 0.371 e. The molecule has 1 amide bonds. The molecule has 1 aliphatic heterocycles. The molecule has 0 spiro atoms. The number of hydrogen-bond donors (Lipinski definition) is 1. The highest BCUT2D eigenvalue weighted by molar-refractivity contribution is 7.14. The maximum atomic E-state index is 12.8. The van der Waals surface area contributed by atoms with Gasteiger partial charge in [0.15, 0.2) is 5.13 Å². The lowest BCUT2D eigenvalue weighted by atomic mass is 10.2. The smallest absolute Gasteiger partial charge is 0.261 e. The Kier molecular flexibility index (Phi) is 4.25. The van der Waals surface area contributed by atoms with Gasteiger partial charge in [-0.3, -0.25) is 15.1 Å². The summed E-state index contributed by atoms with van der Waals surface area (Å²) in [6.07, 6.45) is 7.65. The first-order valence-corrected chi connectivity index (χ1v) is 10.1. The quantitative estimate of drug-likeness (QED) is 0.575. The van der Waals surface area contributed by atoms with Crippen LogP contribution in [-0.4, -0.2) is 38.6 Å². The molecule has 0 bridgehead atoms. The molecule has 1 fully saturated rings. The van der Waals surface area contributed by atoms with Crippen LogP contribution in [0.25, 0.3) is 16.9 Å². The molecule has 0 radical (unpaired) electrons. The van der Waals surface area contributed by atoms with E-state index in [1.54, 1.807) is 16.9 Å². The van der Waals surface area contributed by atoms with Gasteiger partial charge in [0.05, 0.1) is 23.0 Å². The van der Waals surface area contributed by atoms with Gasteiger partial charge in [-0.1, -0.05) is 6.07 Å². The van der Waals surface area contributed by atoms with Gasteiger partial charge in [-0.2, -0.15) is 5.10 Å². The van der Waals surface area contributed by atoms with Crippen molar-refractivity contribution in [1.82, 2.24) is 19.6 Å². The van der Waals surface area contributed by atoms with Gasteiger partial charge in [0.25, 0.3) is 5.91 Å². The predicted octanol–water partition coefficient (Wildman–Crippen LogP) is 3.71. The van der Waals surface area contributed by atoms with Gasteiger partial charge in [0.2, 0.25) is 0 Å². The molecule has 7 nitrogen and oxygen atoms in total. The Balaban J connectivity index is 1.40. The van der Waals surface area contributed by atoms with Crippen molar-refractivity contribution in [3.8, 4) is 11.4 Å². The van der Waals surface area contributed by atoms with Crippen LogP contribution in [0.4, 0.5) is 10.8 Å². The van der Waals surface area contributed by atoms with E-state index in [4.69, 9.17) is 0 Å². The fraction of sp³-hybridized carbons (Fsp3) is 0.200. The van der Waals surface area contributed by atoms with Crippen LogP contribution in [0.2, 0.25) is 0 Å². The predicted molar refractivity (Wildman–Crippen MR) is 110 cm³/mol. The first-order chi connectivity index (χ1) is 13.8. The van der Waals surface area contributed by atoms with E-state index < -0.39 is 0 Å². The molecule has 0 unspecified atom stereocenters. The number of thiazole rings is 1. The van der Waals surface area contributed by atoms with Crippen molar-refractivity contribution in [1.29, 1.82) is 0 Å². The molecule has 140 valence electrons. The van der Waals surface area contributed by atoms with Gasteiger partial charge in [0, 0.05) is 36.6 Å². The second-order valence-corrected chi connectivity index (χ2v) is 7.53. The van der Waals surface area contributed by atoms with Crippen molar-refractivity contribution in [3.63, 3.8) is 0 Å². The van der Waals surface area contributed by atoms with E-state index in [-0.39, 0.29) is 5.91 Å². The minimum absolute atomic E-state index is 0.213. The second kappa shape index (κ2) is 7.05. The highest BCUT2D eigenvalue weighted by Gasteiger charge is 2.18. The van der Waals surface area contributed by atoms with Crippen molar-refractivity contribution in [2.45, 2.75) is 12.8 Å². The molecule has 4 aromatic heterocycles. The summed E-state index contributed by atoms with van der Waals surface area (Å²) in [5.41, 5.74) is 3.99. The van der Waals surface area contributed by atoms with Crippen molar-refractivity contribution in [3.05, 3.63) is 59.9 Å². The zero-order valence-electron chi connectivity index (χ0n) is 15.1. The number of anilines is 2. The van der Waals surface area contributed by atoms with E-state index >= 15 is 0 Å². The zero-order valence-corrected chi connectivity index (χ0v) is 15.9. The van der Waals surface area contributed by atoms with E-state index in [2.05, 4.69) is 25.3 Å². The number of fused-ring (bicyclic) bond motifs is 1. The number of nitrogens with zero attached hydrogens (tertiary/aromatic N) is 5. The van der Waals surface area contributed by atoms with Crippen LogP contribution in [0.15, 0.2) is 54.3 Å². The molecule has 1 saturated heterocycles. The molecule has 8 heteroatoms. The summed E-state index contributed by atoms with van der Waals surface area (Å²) in [6, 6.07) is 9.75. The molecule has 0 saturated carbocycles. The van der Waals surface area contributed by atoms with Crippen LogP contribution < -0.4 is 10.2 Å². The van der Waals surface area contributed by atoms with Crippen LogP contribution in [0.5, 0.6) is 0 Å². The SMILES string of the molecule is O=C(Nc1nc(-c2ccccn2)cs1)c1cnn2ccc(N3CCCC3)cc12. The van der Waals surface area contributed by atoms with Gasteiger partial charge in [0.1, 0.15) is 5.69 Å². The maximum Gasteiger partial charge on any atom is 0.261 e. The number of carbonyl (C=O) groups is 1. The van der Waals surface area contributed by atoms with E-state index in [1.807, 2.05) is 41.9 Å². The Bertz CT molecular complexity index is 1130. The fourth-order valence-corrected chi connectivity index (χ4v) is 4.14. The van der Waals surface area contributed by atoms with Gasteiger partial charge in [-0.05, 0) is 37.1 Å². The zero-order chi connectivity index (χ0) is 18.9. The number of nitrogens with one attached hydrogen (secondary N) is 1. The summed E-state index contributed by atoms with van der Waals surface area (Å²) < 4.78 is 1.73. The van der Waals surface area contributed by atoms with Crippen LogP contribution in [0.3, 0.4) is 0 Å². The van der Waals surface area contributed by atoms with Crippen LogP contribution >= 0.6 is 11.3 Å². The van der Waals surface area contributed by atoms with Crippen molar-refractivity contribution in [2.75, 3.05) is 23.3 Å². The monoisotopic (exact) mass is 390 g/mol. The minimum atomic E-state index is -0.213. The molecule has 1 N–H and O–H groups in total. The normalized spacial score (nSPS) is 13.9. The fourth-order valence-electron chi connectivity index (χ4n) is 3.44. The van der Waals surface area contributed by atoms with E-state index in [0.717, 1.165) is 35.7 Å². The Morgan fingerprint density at radius 2 is 2.04 bits per heavy atom. The molecule has 0 aromatic carbocycles. The maximum absolute atomic E-state index is 12.8. The summed E-state index contributed by atoms with van der Waals surface area (Å²) in [6.45, 7) is 2.11. The van der Waals surface area contributed by atoms with E-state index in [0.29, 0.717) is 10.7 Å². The lowest BCUT2D eigenvalue weighted by Gasteiger charge is -2.17. The Morgan fingerprint density at radius 1 is 1.14 bits per heavy atom. The number of amides is 1. The van der Waals surface area contributed by atoms with E-state index in [1.165, 1.54) is 24.2 Å². The van der Waals surface area contributed by atoms with Crippen LogP contribution in [0, 0.1) is 0 Å². The van der Waals surface area contributed by atoms with Crippen molar-refractivity contribution >= 4 is 33.6 Å². The van der Waals surface area contributed by atoms with Crippen molar-refractivity contribution in [2.24, 2.45) is 0 Å². The highest BCUT2D eigenvalue weighted by Crippen LogP contribution is 2.26. The molecule has 4 aromatic rings. The summed E-state index contributed by atoms with van der Waals surface area (Å²) in [5.74, 6) is -0.213. The third-order valence-electron chi connectivity index (χ3n) is 4.87. The van der Waals surface area contributed by atoms with Gasteiger partial charge >= 0.3 is 0 Å². The molecule has 1 aliphatic rings. The summed E-state index contributed by atoms with van der Waals surface area (Å²) in [7, 11) is 0. The molecule has 5 rings (SSSR count). The lowest BCUT2D eigenvalue weighted by molar-refractivity contribution is 0.102. The molecule has 0 atom stereocenters. The van der Waals surface area contributed by atoms with Crippen LogP contribution in [0.1, 0.15) is 23.2 Å². The summed E-state index contributed by atoms with van der Waals surface area (Å²) in [4.78, 5) is 24.0. The molecular weight excluding hydrogens is 372 g/mol. The third-order valence-corrected chi connectivity index (χ3v) is 5.63. The van der Waals surface area contributed by atoms with E-state index in [9.17, 15) is 4.79 Å². The van der Waals surface area contributed by atoms with Gasteiger partial charge < -0.3 is 4.90 Å². The number of hydrogen-bond acceptors (Lipinski definition) is 6. The standard InChI is InChI=1S/C20H18N6OS/c27-19(24-20-23-17(13-28-20)16-5-1-2-7-21-16)15-12-22-26-10-6-14(11-18(15)26)25-8-3-4-9-25/h1-2,5-7,10-13H,3-4,8-9H2,(H,23,24,27).